The van der Waals surface area contributed by atoms with Crippen LogP contribution < -0.4 is 5.48 Å². The van der Waals surface area contributed by atoms with E-state index in [1.807, 2.05) is 0 Å². The van der Waals surface area contributed by atoms with E-state index >= 15 is 0 Å². The minimum Gasteiger partial charge on any atom is -0.273 e. The number of amides is 1. The molecule has 0 saturated carbocycles. The third-order valence-corrected chi connectivity index (χ3v) is 0.799. The van der Waals surface area contributed by atoms with Crippen molar-refractivity contribution in [3.8, 4) is 0 Å². The number of carbonyl (C=O) groups excluding carboxylic acids is 1. The smallest absolute Gasteiger partial charge is 0.273 e. The molecular formula is C3H9NO4P+. The van der Waals surface area contributed by atoms with Gasteiger partial charge in [-0.15, -0.1) is 0 Å². The number of nitrogens with one attached hydrogen (secondary N) is 1. The van der Waals surface area contributed by atoms with Crippen LogP contribution in [0.15, 0.2) is 0 Å². The molecule has 54 valence electrons. The van der Waals surface area contributed by atoms with Crippen LogP contribution in [-0.4, -0.2) is 22.4 Å². The molecule has 0 aliphatic carbocycles. The van der Waals surface area contributed by atoms with Crippen molar-refractivity contribution in [3.05, 3.63) is 0 Å². The van der Waals surface area contributed by atoms with Crippen LogP contribution in [0.25, 0.3) is 0 Å². The van der Waals surface area contributed by atoms with E-state index in [1.54, 1.807) is 5.48 Å². The molecule has 0 unspecified atom stereocenters. The van der Waals surface area contributed by atoms with Crippen LogP contribution in [0.3, 0.4) is 0 Å². The molecule has 0 saturated heterocycles. The predicted octanol–water partition coefficient (Wildman–Crippen LogP) is -0.569. The summed E-state index contributed by atoms with van der Waals surface area (Å²) in [5.41, 5.74) is 1.80. The van der Waals surface area contributed by atoms with Crippen molar-refractivity contribution >= 4 is 13.9 Å². The van der Waals surface area contributed by atoms with Gasteiger partial charge < -0.3 is 0 Å². The Kier molecular flexibility index (Phi) is 3.00. The van der Waals surface area contributed by atoms with Gasteiger partial charge in [-0.3, -0.25) is 4.79 Å². The molecule has 1 amide bonds. The van der Waals surface area contributed by atoms with Gasteiger partial charge in [-0.25, -0.2) is 0 Å². The molecule has 0 rings (SSSR count). The van der Waals surface area contributed by atoms with E-state index in [1.165, 1.54) is 6.92 Å². The maximum atomic E-state index is 10.0. The highest BCUT2D eigenvalue weighted by Crippen LogP contribution is 2.44. The Morgan fingerprint density at radius 1 is 1.67 bits per heavy atom. The Morgan fingerprint density at radius 2 is 2.11 bits per heavy atom. The normalized spacial score (nSPS) is 11.1. The summed E-state index contributed by atoms with van der Waals surface area (Å²) in [5, 5.41) is 0. The van der Waals surface area contributed by atoms with Crippen LogP contribution in [-0.2, 0) is 9.42 Å². The third-order valence-electron chi connectivity index (χ3n) is 0.362. The van der Waals surface area contributed by atoms with Crippen molar-refractivity contribution in [2.24, 2.45) is 0 Å². The summed E-state index contributed by atoms with van der Waals surface area (Å²) in [4.78, 5) is 27.0. The molecule has 0 aliphatic rings. The van der Waals surface area contributed by atoms with Crippen molar-refractivity contribution < 1.29 is 19.2 Å². The average molecular weight is 154 g/mol. The fourth-order valence-corrected chi connectivity index (χ4v) is 0.452. The Balaban J connectivity index is 3.39. The molecule has 0 radical (unpaired) electrons. The van der Waals surface area contributed by atoms with Gasteiger partial charge in [-0.05, 0) is 0 Å². The summed E-state index contributed by atoms with van der Waals surface area (Å²) in [6.07, 6.45) is 0. The van der Waals surface area contributed by atoms with E-state index < -0.39 is 13.9 Å². The predicted molar refractivity (Wildman–Crippen MR) is 32.2 cm³/mol. The summed E-state index contributed by atoms with van der Waals surface area (Å²) in [5.74, 6) is -0.468. The summed E-state index contributed by atoms with van der Waals surface area (Å²) < 4.78 is 4.11. The van der Waals surface area contributed by atoms with Crippen molar-refractivity contribution in [1.82, 2.24) is 5.48 Å². The summed E-state index contributed by atoms with van der Waals surface area (Å²) in [7, 11) is -3.30. The van der Waals surface area contributed by atoms with Crippen molar-refractivity contribution in [2.75, 3.05) is 6.66 Å². The molecule has 5 nitrogen and oxygen atoms in total. The van der Waals surface area contributed by atoms with E-state index in [0.717, 1.165) is 6.66 Å². The topological polar surface area (TPSA) is 78.8 Å². The van der Waals surface area contributed by atoms with Gasteiger partial charge in [0.2, 0.25) is 5.91 Å². The second-order valence-electron chi connectivity index (χ2n) is 1.58. The quantitative estimate of drug-likeness (QED) is 0.367. The molecule has 3 N–H and O–H groups in total. The zero-order chi connectivity index (χ0) is 7.49. The first-order valence-electron chi connectivity index (χ1n) is 2.19. The first kappa shape index (κ1) is 8.78. The second-order valence-corrected chi connectivity index (χ2v) is 3.44. The maximum absolute atomic E-state index is 10.0. The van der Waals surface area contributed by atoms with E-state index in [-0.39, 0.29) is 0 Å². The van der Waals surface area contributed by atoms with E-state index in [0.29, 0.717) is 0 Å². The zero-order valence-corrected chi connectivity index (χ0v) is 6.05. The monoisotopic (exact) mass is 154 g/mol. The van der Waals surface area contributed by atoms with E-state index in [4.69, 9.17) is 9.79 Å². The second kappa shape index (κ2) is 3.08. The lowest BCUT2D eigenvalue weighted by Gasteiger charge is -2.02. The molecule has 0 bridgehead atoms. The molecule has 9 heavy (non-hydrogen) atoms. The number of hydroxylamine groups is 1. The third kappa shape index (κ3) is 7.78. The summed E-state index contributed by atoms with van der Waals surface area (Å²) in [6, 6.07) is 0. The Morgan fingerprint density at radius 3 is 2.22 bits per heavy atom. The summed E-state index contributed by atoms with van der Waals surface area (Å²) >= 11 is 0. The van der Waals surface area contributed by atoms with Crippen LogP contribution >= 0.6 is 7.94 Å². The molecule has 6 heteroatoms. The van der Waals surface area contributed by atoms with Crippen molar-refractivity contribution in [2.45, 2.75) is 6.92 Å². The zero-order valence-electron chi connectivity index (χ0n) is 5.16. The fraction of sp³-hybridized carbons (Fsp3) is 0.667. The highest BCUT2D eigenvalue weighted by Gasteiger charge is 2.28. The molecule has 0 heterocycles. The van der Waals surface area contributed by atoms with Gasteiger partial charge in [0.1, 0.15) is 6.66 Å². The van der Waals surface area contributed by atoms with Gasteiger partial charge in [0.25, 0.3) is 0 Å². The average Bonchev–Trinajstić information content (AvgIpc) is 1.59. The Labute approximate surface area is 53.2 Å². The SMILES string of the molecule is CC(=O)NO[P+](C)(O)O. The van der Waals surface area contributed by atoms with Gasteiger partial charge in [-0.2, -0.15) is 15.3 Å². The van der Waals surface area contributed by atoms with Crippen LogP contribution in [0.2, 0.25) is 0 Å². The first-order chi connectivity index (χ1) is 3.92. The number of rotatable bonds is 2. The Hall–Kier alpha value is -0.220. The van der Waals surface area contributed by atoms with Crippen LogP contribution in [0.5, 0.6) is 0 Å². The largest absolute Gasteiger partial charge is 0.433 e. The Bertz CT molecular complexity index is 109. The van der Waals surface area contributed by atoms with Crippen LogP contribution in [0, 0.1) is 0 Å². The van der Waals surface area contributed by atoms with Gasteiger partial charge in [0.15, 0.2) is 0 Å². The molecule has 0 aromatic heterocycles. The van der Waals surface area contributed by atoms with Crippen LogP contribution in [0.4, 0.5) is 0 Å². The number of carbonyl (C=O) groups is 1. The van der Waals surface area contributed by atoms with E-state index in [2.05, 4.69) is 4.62 Å². The molecule has 0 aromatic carbocycles. The molecular weight excluding hydrogens is 145 g/mol. The lowest BCUT2D eigenvalue weighted by Crippen LogP contribution is -2.19. The molecule has 0 fully saturated rings. The van der Waals surface area contributed by atoms with Crippen molar-refractivity contribution in [3.63, 3.8) is 0 Å². The van der Waals surface area contributed by atoms with E-state index in [9.17, 15) is 4.79 Å². The van der Waals surface area contributed by atoms with Gasteiger partial charge in [0, 0.05) is 6.92 Å². The first-order valence-corrected chi connectivity index (χ1v) is 4.25. The van der Waals surface area contributed by atoms with Crippen molar-refractivity contribution in [1.29, 1.82) is 0 Å². The molecule has 0 atom stereocenters. The lowest BCUT2D eigenvalue weighted by atomic mass is 10.8. The standard InChI is InChI=1S/C3H8NO4P/c1-3(5)4-8-9(2,6)7/h6-7H,1-2H3/p+1. The molecule has 0 aromatic rings. The highest BCUT2D eigenvalue weighted by atomic mass is 31.2. The van der Waals surface area contributed by atoms with Gasteiger partial charge >= 0.3 is 7.94 Å². The summed E-state index contributed by atoms with van der Waals surface area (Å²) in [6.45, 7) is 2.29. The minimum absolute atomic E-state index is 0.468. The minimum atomic E-state index is -3.30. The fourth-order valence-electron chi connectivity index (χ4n) is 0.151. The molecule has 0 spiro atoms. The number of hydrogen-bond donors (Lipinski definition) is 3. The number of hydrogen-bond acceptors (Lipinski definition) is 4. The molecule has 0 aliphatic heterocycles. The van der Waals surface area contributed by atoms with Gasteiger partial charge in [0.05, 0.1) is 0 Å². The highest BCUT2D eigenvalue weighted by molar-refractivity contribution is 7.58. The van der Waals surface area contributed by atoms with Gasteiger partial charge in [-0.1, -0.05) is 4.62 Å². The van der Waals surface area contributed by atoms with Crippen LogP contribution in [0.1, 0.15) is 6.92 Å². The lowest BCUT2D eigenvalue weighted by molar-refractivity contribution is -0.126. The maximum Gasteiger partial charge on any atom is 0.433 e.